The topological polar surface area (TPSA) is 54.6 Å². The molecule has 0 atom stereocenters. The maximum Gasteiger partial charge on any atom is 0.337 e. The van der Waals surface area contributed by atoms with E-state index in [0.717, 1.165) is 22.6 Å². The van der Waals surface area contributed by atoms with Gasteiger partial charge >= 0.3 is 5.97 Å². The van der Waals surface area contributed by atoms with E-state index in [1.54, 1.807) is 12.3 Å². The Balaban J connectivity index is 1.95. The minimum atomic E-state index is -1.08. The summed E-state index contributed by atoms with van der Waals surface area (Å²) in [6.07, 6.45) is 1.73. The maximum atomic E-state index is 11.2. The predicted molar refractivity (Wildman–Crippen MR) is 106 cm³/mol. The van der Waals surface area contributed by atoms with Gasteiger partial charge in [0.1, 0.15) is 0 Å². The predicted octanol–water partition coefficient (Wildman–Crippen LogP) is 5.85. The highest BCUT2D eigenvalue weighted by molar-refractivity contribution is 6.33. The number of carbonyl (C=O) groups is 1. The van der Waals surface area contributed by atoms with Gasteiger partial charge in [-0.15, -0.1) is 0 Å². The normalized spacial score (nSPS) is 11.2. The van der Waals surface area contributed by atoms with Crippen LogP contribution >= 0.6 is 23.2 Å². The Morgan fingerprint density at radius 1 is 1.08 bits per heavy atom. The van der Waals surface area contributed by atoms with E-state index in [2.05, 4.69) is 9.56 Å². The third-order valence-corrected chi connectivity index (χ3v) is 4.67. The van der Waals surface area contributed by atoms with E-state index in [-0.39, 0.29) is 10.6 Å². The van der Waals surface area contributed by atoms with Crippen LogP contribution in [0.25, 0.3) is 5.69 Å². The van der Waals surface area contributed by atoms with Crippen LogP contribution in [0.15, 0.2) is 53.5 Å². The number of nitrogens with zero attached hydrogens (tertiary/aromatic N) is 2. The summed E-state index contributed by atoms with van der Waals surface area (Å²) in [7, 11) is 0. The van der Waals surface area contributed by atoms with E-state index in [1.165, 1.54) is 12.1 Å². The van der Waals surface area contributed by atoms with Crippen molar-refractivity contribution < 1.29 is 9.90 Å². The first-order valence-corrected chi connectivity index (χ1v) is 8.64. The first-order valence-electron chi connectivity index (χ1n) is 7.88. The number of benzene rings is 2. The van der Waals surface area contributed by atoms with E-state index >= 15 is 0 Å². The molecule has 0 radical (unpaired) electrons. The van der Waals surface area contributed by atoms with Crippen molar-refractivity contribution in [2.24, 2.45) is 4.99 Å². The van der Waals surface area contributed by atoms with Gasteiger partial charge in [-0.2, -0.15) is 0 Å². The first-order chi connectivity index (χ1) is 12.4. The highest BCUT2D eigenvalue weighted by Gasteiger charge is 2.11. The molecule has 0 bridgehead atoms. The fourth-order valence-corrected chi connectivity index (χ4v) is 3.13. The van der Waals surface area contributed by atoms with Crippen molar-refractivity contribution in [3.8, 4) is 5.69 Å². The van der Waals surface area contributed by atoms with E-state index in [1.807, 2.05) is 44.2 Å². The Morgan fingerprint density at radius 2 is 1.77 bits per heavy atom. The molecule has 3 aromatic rings. The summed E-state index contributed by atoms with van der Waals surface area (Å²) in [4.78, 5) is 15.6. The number of aryl methyl sites for hydroxylation is 1. The summed E-state index contributed by atoms with van der Waals surface area (Å²) in [6, 6.07) is 14.3. The minimum absolute atomic E-state index is 0.0351. The first kappa shape index (κ1) is 18.2. The number of aromatic carboxylic acids is 1. The Labute approximate surface area is 161 Å². The Morgan fingerprint density at radius 3 is 2.42 bits per heavy atom. The molecule has 1 N–H and O–H groups in total. The number of carboxylic acid groups (broad SMARTS) is 1. The molecule has 0 fully saturated rings. The monoisotopic (exact) mass is 386 g/mol. The van der Waals surface area contributed by atoms with Crippen LogP contribution in [0, 0.1) is 13.8 Å². The highest BCUT2D eigenvalue weighted by Crippen LogP contribution is 2.24. The molecular weight excluding hydrogens is 371 g/mol. The van der Waals surface area contributed by atoms with Gasteiger partial charge in [-0.25, -0.2) is 4.79 Å². The van der Waals surface area contributed by atoms with Crippen LogP contribution in [0.3, 0.4) is 0 Å². The van der Waals surface area contributed by atoms with E-state index in [9.17, 15) is 4.79 Å². The Kier molecular flexibility index (Phi) is 5.16. The summed E-state index contributed by atoms with van der Waals surface area (Å²) in [5.74, 6) is -1.08. The number of hydrogen-bond acceptors (Lipinski definition) is 2. The molecule has 3 rings (SSSR count). The zero-order valence-electron chi connectivity index (χ0n) is 14.2. The second-order valence-electron chi connectivity index (χ2n) is 5.87. The smallest absolute Gasteiger partial charge is 0.337 e. The molecule has 0 spiro atoms. The maximum absolute atomic E-state index is 11.2. The second kappa shape index (κ2) is 7.36. The minimum Gasteiger partial charge on any atom is -0.478 e. The van der Waals surface area contributed by atoms with Crippen molar-refractivity contribution >= 4 is 41.1 Å². The largest absolute Gasteiger partial charge is 0.478 e. The van der Waals surface area contributed by atoms with Crippen LogP contribution < -0.4 is 0 Å². The summed E-state index contributed by atoms with van der Waals surface area (Å²) < 4.78 is 2.11. The van der Waals surface area contributed by atoms with Crippen molar-refractivity contribution in [2.45, 2.75) is 13.8 Å². The molecule has 2 aromatic carbocycles. The molecule has 26 heavy (non-hydrogen) atoms. The number of aliphatic imine (C=N–C) groups is 1. The standard InChI is InChI=1S/C20H16Cl2N2O2/c1-12-9-14(13(2)24(12)17-6-3-15(21)4-7-17)11-23-16-5-8-19(22)18(10-16)20(25)26/h3-11H,1-2H3,(H,25,26). The average molecular weight is 387 g/mol. The molecule has 0 aliphatic heterocycles. The fraction of sp³-hybridized carbons (Fsp3) is 0.100. The molecule has 4 nitrogen and oxygen atoms in total. The lowest BCUT2D eigenvalue weighted by molar-refractivity contribution is 0.0697. The number of hydrogen-bond donors (Lipinski definition) is 1. The molecule has 132 valence electrons. The molecule has 0 aliphatic rings. The molecule has 0 amide bonds. The van der Waals surface area contributed by atoms with Gasteiger partial charge in [0.25, 0.3) is 0 Å². The lowest BCUT2D eigenvalue weighted by Crippen LogP contribution is -1.99. The van der Waals surface area contributed by atoms with Crippen LogP contribution in [-0.2, 0) is 0 Å². The molecular formula is C20H16Cl2N2O2. The van der Waals surface area contributed by atoms with Gasteiger partial charge < -0.3 is 9.67 Å². The number of carboxylic acids is 1. The van der Waals surface area contributed by atoms with E-state index in [0.29, 0.717) is 10.7 Å². The number of rotatable bonds is 4. The van der Waals surface area contributed by atoms with Crippen LogP contribution in [-0.4, -0.2) is 21.9 Å². The fourth-order valence-electron chi connectivity index (χ4n) is 2.81. The van der Waals surface area contributed by atoms with Gasteiger partial charge in [0.2, 0.25) is 0 Å². The van der Waals surface area contributed by atoms with Crippen LogP contribution in [0.4, 0.5) is 5.69 Å². The third kappa shape index (κ3) is 3.66. The highest BCUT2D eigenvalue weighted by atomic mass is 35.5. The molecule has 0 unspecified atom stereocenters. The quantitative estimate of drug-likeness (QED) is 0.571. The van der Waals surface area contributed by atoms with Gasteiger partial charge in [0.15, 0.2) is 0 Å². The van der Waals surface area contributed by atoms with Crippen LogP contribution in [0.2, 0.25) is 10.0 Å². The summed E-state index contributed by atoms with van der Waals surface area (Å²) >= 11 is 11.9. The van der Waals surface area contributed by atoms with Gasteiger partial charge in [0, 0.05) is 33.9 Å². The number of halogens is 2. The molecule has 1 aromatic heterocycles. The van der Waals surface area contributed by atoms with Crippen LogP contribution in [0.1, 0.15) is 27.3 Å². The van der Waals surface area contributed by atoms with Crippen molar-refractivity contribution in [3.63, 3.8) is 0 Å². The summed E-state index contributed by atoms with van der Waals surface area (Å²) in [5.41, 5.74) is 4.62. The Bertz CT molecular complexity index is 1010. The van der Waals surface area contributed by atoms with Gasteiger partial charge in [-0.1, -0.05) is 23.2 Å². The second-order valence-corrected chi connectivity index (χ2v) is 6.71. The van der Waals surface area contributed by atoms with Crippen molar-refractivity contribution in [2.75, 3.05) is 0 Å². The Hall–Kier alpha value is -2.56. The zero-order valence-corrected chi connectivity index (χ0v) is 15.7. The summed E-state index contributed by atoms with van der Waals surface area (Å²) in [6.45, 7) is 4.03. The summed E-state index contributed by atoms with van der Waals surface area (Å²) in [5, 5.41) is 10.0. The van der Waals surface area contributed by atoms with Gasteiger partial charge in [-0.05, 0) is 62.4 Å². The molecule has 0 aliphatic carbocycles. The molecule has 1 heterocycles. The average Bonchev–Trinajstić information content (AvgIpc) is 2.89. The van der Waals surface area contributed by atoms with E-state index in [4.69, 9.17) is 28.3 Å². The lowest BCUT2D eigenvalue weighted by Gasteiger charge is -2.09. The molecule has 0 saturated carbocycles. The number of aromatic nitrogens is 1. The lowest BCUT2D eigenvalue weighted by atomic mass is 10.2. The molecule has 0 saturated heterocycles. The van der Waals surface area contributed by atoms with Crippen LogP contribution in [0.5, 0.6) is 0 Å². The third-order valence-electron chi connectivity index (χ3n) is 4.09. The van der Waals surface area contributed by atoms with Crippen molar-refractivity contribution in [3.05, 3.63) is 81.1 Å². The van der Waals surface area contributed by atoms with E-state index < -0.39 is 5.97 Å². The SMILES string of the molecule is Cc1cc(C=Nc2ccc(Cl)c(C(=O)O)c2)c(C)n1-c1ccc(Cl)cc1. The van der Waals surface area contributed by atoms with Gasteiger partial charge in [-0.3, -0.25) is 4.99 Å². The zero-order chi connectivity index (χ0) is 18.8. The van der Waals surface area contributed by atoms with Crippen molar-refractivity contribution in [1.29, 1.82) is 0 Å². The molecule has 6 heteroatoms. The van der Waals surface area contributed by atoms with Crippen molar-refractivity contribution in [1.82, 2.24) is 4.57 Å². The van der Waals surface area contributed by atoms with Gasteiger partial charge in [0.05, 0.1) is 16.3 Å².